The van der Waals surface area contributed by atoms with Gasteiger partial charge in [-0.15, -0.1) is 0 Å². The molecule has 5 nitrogen and oxygen atoms in total. The van der Waals surface area contributed by atoms with Crippen molar-refractivity contribution in [3.63, 3.8) is 0 Å². The van der Waals surface area contributed by atoms with Crippen molar-refractivity contribution in [1.29, 1.82) is 0 Å². The zero-order valence-electron chi connectivity index (χ0n) is 8.21. The maximum atomic E-state index is 10.9. The van der Waals surface area contributed by atoms with Gasteiger partial charge < -0.3 is 23.5 Å². The summed E-state index contributed by atoms with van der Waals surface area (Å²) in [6.45, 7) is 1.30. The standard InChI is InChI=1S/C7H14BO5P/c1-11-4-6-5(3-7(8)12-6)13-14(2,9)10/h5-7H,3-4H2,1-2H3,(H,9,10)/p-1/t5-,6-,7-/m1/s1. The minimum absolute atomic E-state index is 0.276. The Kier molecular flexibility index (Phi) is 4.16. The van der Waals surface area contributed by atoms with Gasteiger partial charge in [0, 0.05) is 19.8 Å². The van der Waals surface area contributed by atoms with Gasteiger partial charge in [0.2, 0.25) is 0 Å². The third-order valence-corrected chi connectivity index (χ3v) is 2.54. The van der Waals surface area contributed by atoms with Crippen molar-refractivity contribution in [2.24, 2.45) is 0 Å². The quantitative estimate of drug-likeness (QED) is 0.470. The highest BCUT2D eigenvalue weighted by Gasteiger charge is 2.34. The Hall–Kier alpha value is 0.135. The zero-order chi connectivity index (χ0) is 10.8. The van der Waals surface area contributed by atoms with Crippen LogP contribution >= 0.6 is 7.60 Å². The topological polar surface area (TPSA) is 67.8 Å². The summed E-state index contributed by atoms with van der Waals surface area (Å²) in [4.78, 5) is 10.9. The Morgan fingerprint density at radius 2 is 2.36 bits per heavy atom. The first-order chi connectivity index (χ1) is 6.42. The van der Waals surface area contributed by atoms with E-state index in [1.54, 1.807) is 0 Å². The van der Waals surface area contributed by atoms with E-state index in [2.05, 4.69) is 0 Å². The van der Waals surface area contributed by atoms with Crippen molar-refractivity contribution in [1.82, 2.24) is 0 Å². The summed E-state index contributed by atoms with van der Waals surface area (Å²) in [7, 11) is 3.28. The van der Waals surface area contributed by atoms with Gasteiger partial charge in [0.15, 0.2) is 0 Å². The van der Waals surface area contributed by atoms with Crippen molar-refractivity contribution in [3.05, 3.63) is 0 Å². The predicted octanol–water partition coefficient (Wildman–Crippen LogP) is -0.515. The van der Waals surface area contributed by atoms with Gasteiger partial charge in [0.05, 0.1) is 12.7 Å². The summed E-state index contributed by atoms with van der Waals surface area (Å²) in [5.41, 5.74) is 0. The third-order valence-electron chi connectivity index (χ3n) is 1.89. The monoisotopic (exact) mass is 219 g/mol. The summed E-state index contributed by atoms with van der Waals surface area (Å²) in [6, 6.07) is -0.480. The third kappa shape index (κ3) is 3.71. The summed E-state index contributed by atoms with van der Waals surface area (Å²) < 4.78 is 25.9. The van der Waals surface area contributed by atoms with Crippen LogP contribution in [0.15, 0.2) is 0 Å². The van der Waals surface area contributed by atoms with Crippen LogP contribution in [0.2, 0.25) is 0 Å². The molecule has 1 aliphatic rings. The number of methoxy groups -OCH3 is 1. The number of rotatable bonds is 4. The van der Waals surface area contributed by atoms with Gasteiger partial charge in [-0.05, 0) is 6.42 Å². The van der Waals surface area contributed by atoms with Gasteiger partial charge in [0.25, 0.3) is 0 Å². The molecule has 0 bridgehead atoms. The van der Waals surface area contributed by atoms with E-state index in [9.17, 15) is 9.46 Å². The zero-order valence-corrected chi connectivity index (χ0v) is 9.11. The van der Waals surface area contributed by atoms with Gasteiger partial charge in [-0.25, -0.2) is 0 Å². The smallest absolute Gasteiger partial charge is 0.132 e. The Labute approximate surface area is 84.7 Å². The van der Waals surface area contributed by atoms with Crippen molar-refractivity contribution >= 4 is 15.4 Å². The molecule has 14 heavy (non-hydrogen) atoms. The molecule has 0 N–H and O–H groups in total. The second-order valence-corrected chi connectivity index (χ2v) is 5.07. The molecule has 80 valence electrons. The molecule has 0 aliphatic carbocycles. The van der Waals surface area contributed by atoms with Crippen LogP contribution in [-0.4, -0.2) is 46.4 Å². The highest BCUT2D eigenvalue weighted by Crippen LogP contribution is 2.38. The Morgan fingerprint density at radius 1 is 1.71 bits per heavy atom. The van der Waals surface area contributed by atoms with Crippen LogP contribution in [-0.2, 0) is 18.6 Å². The molecule has 2 radical (unpaired) electrons. The average molecular weight is 219 g/mol. The van der Waals surface area contributed by atoms with Crippen LogP contribution in [0.1, 0.15) is 6.42 Å². The van der Waals surface area contributed by atoms with Crippen LogP contribution in [0.4, 0.5) is 0 Å². The Morgan fingerprint density at radius 3 is 2.86 bits per heavy atom. The number of ether oxygens (including phenoxy) is 2. The second-order valence-electron chi connectivity index (χ2n) is 3.32. The fraction of sp³-hybridized carbons (Fsp3) is 1.00. The molecule has 0 aromatic carbocycles. The molecule has 0 aromatic heterocycles. The largest absolute Gasteiger partial charge is 0.779 e. The molecule has 1 fully saturated rings. The predicted molar refractivity (Wildman–Crippen MR) is 49.3 cm³/mol. The molecule has 1 saturated heterocycles. The van der Waals surface area contributed by atoms with Crippen LogP contribution < -0.4 is 4.89 Å². The molecule has 0 amide bonds. The first-order valence-electron chi connectivity index (χ1n) is 4.29. The minimum Gasteiger partial charge on any atom is -0.779 e. The summed E-state index contributed by atoms with van der Waals surface area (Å²) in [5.74, 6) is 0. The van der Waals surface area contributed by atoms with Crippen molar-refractivity contribution in [3.8, 4) is 0 Å². The SMILES string of the molecule is [B][C@H]1C[C@@H](OP(C)(=O)[O-])[C@@H](COC)O1. The van der Waals surface area contributed by atoms with E-state index < -0.39 is 25.8 Å². The fourth-order valence-corrected chi connectivity index (χ4v) is 2.13. The molecular weight excluding hydrogens is 206 g/mol. The minimum atomic E-state index is -3.74. The van der Waals surface area contributed by atoms with Gasteiger partial charge in [-0.3, -0.25) is 0 Å². The van der Waals surface area contributed by atoms with Crippen LogP contribution in [0.25, 0.3) is 0 Å². The maximum Gasteiger partial charge on any atom is 0.132 e. The molecule has 0 spiro atoms. The van der Waals surface area contributed by atoms with Crippen LogP contribution in [0, 0.1) is 0 Å². The summed E-state index contributed by atoms with van der Waals surface area (Å²) in [5, 5.41) is 0. The lowest BCUT2D eigenvalue weighted by molar-refractivity contribution is -0.202. The molecule has 0 aromatic rings. The normalized spacial score (nSPS) is 36.9. The lowest BCUT2D eigenvalue weighted by Crippen LogP contribution is -2.29. The molecular formula is C7H13BO5P-. The lowest BCUT2D eigenvalue weighted by Gasteiger charge is -2.25. The fourth-order valence-electron chi connectivity index (χ4n) is 1.42. The van der Waals surface area contributed by atoms with Gasteiger partial charge in [-0.1, -0.05) is 0 Å². The van der Waals surface area contributed by atoms with Crippen molar-refractivity contribution < 1.29 is 23.5 Å². The van der Waals surface area contributed by atoms with E-state index in [0.29, 0.717) is 6.42 Å². The molecule has 4 atom stereocenters. The number of hydrogen-bond donors (Lipinski definition) is 0. The van der Waals surface area contributed by atoms with E-state index in [1.165, 1.54) is 7.11 Å². The molecule has 1 unspecified atom stereocenters. The first-order valence-corrected chi connectivity index (χ1v) is 6.28. The van der Waals surface area contributed by atoms with Gasteiger partial charge >= 0.3 is 0 Å². The van der Waals surface area contributed by atoms with Gasteiger partial charge in [-0.2, -0.15) is 0 Å². The highest BCUT2D eigenvalue weighted by molar-refractivity contribution is 7.50. The Bertz CT molecular complexity index is 230. The maximum absolute atomic E-state index is 10.9. The van der Waals surface area contributed by atoms with Crippen LogP contribution in [0.5, 0.6) is 0 Å². The van der Waals surface area contributed by atoms with Crippen molar-refractivity contribution in [2.45, 2.75) is 24.6 Å². The summed E-state index contributed by atoms with van der Waals surface area (Å²) in [6.07, 6.45) is -0.566. The molecule has 7 heteroatoms. The van der Waals surface area contributed by atoms with Crippen LogP contribution in [0.3, 0.4) is 0 Å². The lowest BCUT2D eigenvalue weighted by atomic mass is 9.96. The molecule has 1 rings (SSSR count). The van der Waals surface area contributed by atoms with Crippen molar-refractivity contribution in [2.75, 3.05) is 20.4 Å². The summed E-state index contributed by atoms with van der Waals surface area (Å²) >= 11 is 0. The average Bonchev–Trinajstić information content (AvgIpc) is 2.28. The Balaban J connectivity index is 2.53. The van der Waals surface area contributed by atoms with Gasteiger partial charge in [0.1, 0.15) is 21.5 Å². The van der Waals surface area contributed by atoms with E-state index in [-0.39, 0.29) is 6.61 Å². The van der Waals surface area contributed by atoms with E-state index in [4.69, 9.17) is 21.8 Å². The number of hydrogen-bond acceptors (Lipinski definition) is 5. The van der Waals surface area contributed by atoms with E-state index in [1.807, 2.05) is 0 Å². The first kappa shape index (κ1) is 12.2. The molecule has 1 heterocycles. The second kappa shape index (κ2) is 4.77. The highest BCUT2D eigenvalue weighted by atomic mass is 31.2. The van der Waals surface area contributed by atoms with E-state index in [0.717, 1.165) is 6.66 Å². The molecule has 1 aliphatic heterocycles. The van der Waals surface area contributed by atoms with E-state index >= 15 is 0 Å². The molecule has 0 saturated carbocycles.